The SMILES string of the molecule is Cc1c(CCC(O)CC(O)CC(=O)[O-])c2c(c(C)c1OCc1ccccc1)CC(C)(C)O2.[Na+]. The van der Waals surface area contributed by atoms with Gasteiger partial charge < -0.3 is 29.6 Å². The number of rotatable bonds is 10. The molecule has 0 amide bonds. The maximum atomic E-state index is 10.7. The Labute approximate surface area is 218 Å². The van der Waals surface area contributed by atoms with Crippen molar-refractivity contribution in [3.63, 3.8) is 0 Å². The van der Waals surface area contributed by atoms with Crippen LogP contribution in [0.3, 0.4) is 0 Å². The molecule has 6 nitrogen and oxygen atoms in total. The van der Waals surface area contributed by atoms with E-state index in [2.05, 4.69) is 20.8 Å². The Morgan fingerprint density at radius 2 is 1.82 bits per heavy atom. The Morgan fingerprint density at radius 3 is 2.45 bits per heavy atom. The van der Waals surface area contributed by atoms with Crippen LogP contribution in [-0.4, -0.2) is 34.0 Å². The van der Waals surface area contributed by atoms with Crippen molar-refractivity contribution < 1.29 is 59.1 Å². The number of fused-ring (bicyclic) bond motifs is 1. The van der Waals surface area contributed by atoms with E-state index < -0.39 is 24.6 Å². The van der Waals surface area contributed by atoms with Crippen molar-refractivity contribution in [2.24, 2.45) is 0 Å². The fraction of sp³-hybridized carbons (Fsp3) is 0.500. The van der Waals surface area contributed by atoms with Crippen molar-refractivity contribution in [3.8, 4) is 11.5 Å². The van der Waals surface area contributed by atoms with E-state index in [1.807, 2.05) is 37.3 Å². The minimum Gasteiger partial charge on any atom is -0.550 e. The zero-order chi connectivity index (χ0) is 23.5. The first-order valence-electron chi connectivity index (χ1n) is 11.1. The molecule has 2 aromatic carbocycles. The molecular formula is C26H33NaO6. The second-order valence-electron chi connectivity index (χ2n) is 9.34. The minimum atomic E-state index is -1.33. The van der Waals surface area contributed by atoms with Gasteiger partial charge in [-0.25, -0.2) is 0 Å². The molecule has 0 fully saturated rings. The number of benzene rings is 2. The summed E-state index contributed by atoms with van der Waals surface area (Å²) in [6.45, 7) is 8.65. The van der Waals surface area contributed by atoms with Crippen molar-refractivity contribution in [1.29, 1.82) is 0 Å². The van der Waals surface area contributed by atoms with E-state index in [4.69, 9.17) is 9.47 Å². The van der Waals surface area contributed by atoms with E-state index in [0.717, 1.165) is 45.7 Å². The summed E-state index contributed by atoms with van der Waals surface area (Å²) < 4.78 is 12.6. The molecule has 174 valence electrons. The van der Waals surface area contributed by atoms with Gasteiger partial charge in [0.05, 0.1) is 12.2 Å². The van der Waals surface area contributed by atoms with Crippen LogP contribution < -0.4 is 44.1 Å². The predicted octanol–water partition coefficient (Wildman–Crippen LogP) is -0.216. The van der Waals surface area contributed by atoms with E-state index >= 15 is 0 Å². The molecule has 0 saturated carbocycles. The molecule has 1 aliphatic heterocycles. The number of hydrogen-bond donors (Lipinski definition) is 2. The van der Waals surface area contributed by atoms with Crippen LogP contribution in [0, 0.1) is 13.8 Å². The summed E-state index contributed by atoms with van der Waals surface area (Å²) in [6, 6.07) is 10.00. The Hall–Kier alpha value is -1.57. The summed E-state index contributed by atoms with van der Waals surface area (Å²) in [5, 5.41) is 30.8. The van der Waals surface area contributed by atoms with Crippen LogP contribution in [0.5, 0.6) is 11.5 Å². The van der Waals surface area contributed by atoms with Gasteiger partial charge in [0.25, 0.3) is 0 Å². The van der Waals surface area contributed by atoms with Gasteiger partial charge in [0.2, 0.25) is 0 Å². The molecule has 2 atom stereocenters. The molecule has 2 aromatic rings. The molecule has 0 radical (unpaired) electrons. The monoisotopic (exact) mass is 464 g/mol. The molecule has 1 heterocycles. The van der Waals surface area contributed by atoms with Gasteiger partial charge in [-0.05, 0) is 63.6 Å². The Balaban J connectivity index is 0.00000385. The van der Waals surface area contributed by atoms with Crippen molar-refractivity contribution in [2.45, 2.75) is 84.2 Å². The van der Waals surface area contributed by atoms with Crippen LogP contribution in [0.2, 0.25) is 0 Å². The average molecular weight is 465 g/mol. The molecular weight excluding hydrogens is 431 g/mol. The van der Waals surface area contributed by atoms with Gasteiger partial charge in [0.1, 0.15) is 23.7 Å². The first-order chi connectivity index (χ1) is 15.1. The smallest absolute Gasteiger partial charge is 0.550 e. The van der Waals surface area contributed by atoms with E-state index in [1.165, 1.54) is 0 Å². The molecule has 0 saturated heterocycles. The van der Waals surface area contributed by atoms with Gasteiger partial charge in [0.15, 0.2) is 0 Å². The third-order valence-electron chi connectivity index (χ3n) is 6.02. The number of carbonyl (C=O) groups excluding carboxylic acids is 1. The van der Waals surface area contributed by atoms with Crippen LogP contribution in [-0.2, 0) is 24.2 Å². The molecule has 0 bridgehead atoms. The number of ether oxygens (including phenoxy) is 2. The first-order valence-corrected chi connectivity index (χ1v) is 11.1. The summed E-state index contributed by atoms with van der Waals surface area (Å²) in [4.78, 5) is 10.7. The number of carbonyl (C=O) groups is 1. The summed E-state index contributed by atoms with van der Waals surface area (Å²) in [5.74, 6) is 0.377. The maximum absolute atomic E-state index is 10.7. The predicted molar refractivity (Wildman–Crippen MR) is 120 cm³/mol. The second kappa shape index (κ2) is 11.7. The Morgan fingerprint density at radius 1 is 1.15 bits per heavy atom. The van der Waals surface area contributed by atoms with Gasteiger partial charge >= 0.3 is 29.6 Å². The van der Waals surface area contributed by atoms with E-state index in [9.17, 15) is 20.1 Å². The molecule has 1 aliphatic rings. The van der Waals surface area contributed by atoms with Crippen LogP contribution in [0.15, 0.2) is 30.3 Å². The average Bonchev–Trinajstić information content (AvgIpc) is 3.03. The molecule has 2 N–H and O–H groups in total. The number of carboxylic acid groups (broad SMARTS) is 1. The van der Waals surface area contributed by atoms with Crippen molar-refractivity contribution in [3.05, 3.63) is 58.1 Å². The summed E-state index contributed by atoms with van der Waals surface area (Å²) >= 11 is 0. The molecule has 3 rings (SSSR count). The third kappa shape index (κ3) is 7.20. The zero-order valence-electron chi connectivity index (χ0n) is 20.3. The maximum Gasteiger partial charge on any atom is 1.00 e. The number of hydrogen-bond acceptors (Lipinski definition) is 6. The van der Waals surface area contributed by atoms with E-state index in [-0.39, 0.29) is 41.6 Å². The number of aliphatic hydroxyl groups is 2. The van der Waals surface area contributed by atoms with Gasteiger partial charge in [-0.1, -0.05) is 30.3 Å². The second-order valence-corrected chi connectivity index (χ2v) is 9.34. The number of carboxylic acids is 1. The van der Waals surface area contributed by atoms with Crippen molar-refractivity contribution in [1.82, 2.24) is 0 Å². The zero-order valence-corrected chi connectivity index (χ0v) is 22.3. The van der Waals surface area contributed by atoms with Gasteiger partial charge in [-0.15, -0.1) is 0 Å². The first kappa shape index (κ1) is 27.7. The topological polar surface area (TPSA) is 99.1 Å². The van der Waals surface area contributed by atoms with Gasteiger partial charge in [0, 0.05) is 29.9 Å². The van der Waals surface area contributed by atoms with Gasteiger partial charge in [-0.3, -0.25) is 0 Å². The largest absolute Gasteiger partial charge is 1.00 e. The number of aliphatic carboxylic acids is 1. The molecule has 0 aliphatic carbocycles. The quantitative estimate of drug-likeness (QED) is 0.472. The Kier molecular flexibility index (Phi) is 9.82. The summed E-state index contributed by atoms with van der Waals surface area (Å²) in [5.41, 5.74) is 4.94. The van der Waals surface area contributed by atoms with E-state index in [0.29, 0.717) is 19.4 Å². The normalized spacial score (nSPS) is 15.7. The molecule has 0 spiro atoms. The van der Waals surface area contributed by atoms with Crippen LogP contribution in [0.25, 0.3) is 0 Å². The molecule has 7 heteroatoms. The van der Waals surface area contributed by atoms with Crippen LogP contribution in [0.1, 0.15) is 60.9 Å². The van der Waals surface area contributed by atoms with Gasteiger partial charge in [-0.2, -0.15) is 0 Å². The van der Waals surface area contributed by atoms with Crippen LogP contribution >= 0.6 is 0 Å². The van der Waals surface area contributed by atoms with Crippen molar-refractivity contribution >= 4 is 5.97 Å². The molecule has 0 aromatic heterocycles. The Bertz CT molecular complexity index is 957. The van der Waals surface area contributed by atoms with Crippen molar-refractivity contribution in [2.75, 3.05) is 0 Å². The fourth-order valence-electron chi connectivity index (χ4n) is 4.42. The standard InChI is InChI=1S/C26H34O6.Na/c1-16-21(11-10-19(27)12-20(28)13-23(29)30)25-22(14-26(3,4)32-25)17(2)24(16)31-15-18-8-6-5-7-9-18;/h5-9,19-20,27-28H,10-15H2,1-4H3,(H,29,30);/q;+1/p-1. The molecule has 2 unspecified atom stereocenters. The van der Waals surface area contributed by atoms with Crippen LogP contribution in [0.4, 0.5) is 0 Å². The third-order valence-corrected chi connectivity index (χ3v) is 6.02. The van der Waals surface area contributed by atoms with E-state index in [1.54, 1.807) is 0 Å². The molecule has 33 heavy (non-hydrogen) atoms. The summed E-state index contributed by atoms with van der Waals surface area (Å²) in [7, 11) is 0. The fourth-order valence-corrected chi connectivity index (χ4v) is 4.42. The summed E-state index contributed by atoms with van der Waals surface area (Å²) in [6.07, 6.45) is -0.761. The minimum absolute atomic E-state index is 0. The number of aliphatic hydroxyl groups excluding tert-OH is 2.